The van der Waals surface area contributed by atoms with Gasteiger partial charge in [0.1, 0.15) is 6.61 Å². The van der Waals surface area contributed by atoms with E-state index in [0.29, 0.717) is 23.9 Å². The fraction of sp³-hybridized carbons (Fsp3) is 0.200. The smallest absolute Gasteiger partial charge is 0.250 e. The summed E-state index contributed by atoms with van der Waals surface area (Å²) in [6.45, 7) is 2.48. The summed E-state index contributed by atoms with van der Waals surface area (Å²) in [6.07, 6.45) is 1.58. The number of methoxy groups -OCH3 is 1. The molecule has 0 radical (unpaired) electrons. The minimum atomic E-state index is -0.160. The van der Waals surface area contributed by atoms with E-state index in [9.17, 15) is 4.79 Å². The van der Waals surface area contributed by atoms with Gasteiger partial charge in [-0.05, 0) is 57.7 Å². The molecular formula is C25H24Br2N2O3S. The van der Waals surface area contributed by atoms with Crippen LogP contribution in [0, 0.1) is 6.92 Å². The Kier molecular flexibility index (Phi) is 9.84. The molecule has 0 atom stereocenters. The van der Waals surface area contributed by atoms with Crippen LogP contribution in [0.4, 0.5) is 0 Å². The molecule has 0 unspecified atom stereocenters. The number of rotatable bonds is 10. The summed E-state index contributed by atoms with van der Waals surface area (Å²) < 4.78 is 13.3. The van der Waals surface area contributed by atoms with E-state index in [1.807, 2.05) is 48.5 Å². The number of nitrogens with zero attached hydrogens (tertiary/aromatic N) is 1. The highest BCUT2D eigenvalue weighted by atomic mass is 79.9. The lowest BCUT2D eigenvalue weighted by molar-refractivity contribution is -0.118. The number of hydrazone groups is 1. The van der Waals surface area contributed by atoms with Gasteiger partial charge in [-0.2, -0.15) is 5.10 Å². The van der Waals surface area contributed by atoms with Gasteiger partial charge >= 0.3 is 0 Å². The first kappa shape index (κ1) is 25.3. The Bertz CT molecular complexity index is 1120. The van der Waals surface area contributed by atoms with E-state index in [-0.39, 0.29) is 5.91 Å². The fourth-order valence-corrected chi connectivity index (χ4v) is 4.88. The molecule has 0 spiro atoms. The summed E-state index contributed by atoms with van der Waals surface area (Å²) in [4.78, 5) is 12.1. The number of thioether (sulfide) groups is 1. The molecule has 0 saturated heterocycles. The van der Waals surface area contributed by atoms with Crippen molar-refractivity contribution in [3.8, 4) is 11.5 Å². The highest BCUT2D eigenvalue weighted by Crippen LogP contribution is 2.36. The van der Waals surface area contributed by atoms with Crippen LogP contribution in [0.3, 0.4) is 0 Å². The van der Waals surface area contributed by atoms with Crippen molar-refractivity contribution in [3.05, 3.63) is 91.9 Å². The Labute approximate surface area is 215 Å². The Morgan fingerprint density at radius 1 is 1.09 bits per heavy atom. The molecule has 0 saturated carbocycles. The second-order valence-corrected chi connectivity index (χ2v) is 9.88. The van der Waals surface area contributed by atoms with Crippen molar-refractivity contribution in [2.45, 2.75) is 19.3 Å². The van der Waals surface area contributed by atoms with Crippen molar-refractivity contribution < 1.29 is 14.3 Å². The van der Waals surface area contributed by atoms with Gasteiger partial charge in [-0.1, -0.05) is 64.0 Å². The Balaban J connectivity index is 1.53. The summed E-state index contributed by atoms with van der Waals surface area (Å²) in [5.74, 6) is 2.09. The molecule has 1 amide bonds. The quantitative estimate of drug-likeness (QED) is 0.216. The van der Waals surface area contributed by atoms with Crippen LogP contribution in [-0.2, 0) is 17.2 Å². The molecule has 0 heterocycles. The zero-order chi connectivity index (χ0) is 23.6. The molecule has 172 valence electrons. The van der Waals surface area contributed by atoms with Crippen LogP contribution in [0.25, 0.3) is 0 Å². The number of carbonyl (C=O) groups excluding carboxylic acids is 1. The van der Waals surface area contributed by atoms with E-state index in [4.69, 9.17) is 9.47 Å². The second-order valence-electron chi connectivity index (χ2n) is 7.19. The van der Waals surface area contributed by atoms with Crippen LogP contribution in [0.5, 0.6) is 11.5 Å². The van der Waals surface area contributed by atoms with Crippen LogP contribution in [0.15, 0.2) is 74.7 Å². The molecule has 5 nitrogen and oxygen atoms in total. The second kappa shape index (κ2) is 12.8. The minimum absolute atomic E-state index is 0.160. The number of carbonyl (C=O) groups is 1. The van der Waals surface area contributed by atoms with Gasteiger partial charge in [0.25, 0.3) is 0 Å². The molecule has 0 fully saturated rings. The number of hydrogen-bond acceptors (Lipinski definition) is 5. The molecule has 3 rings (SSSR count). The lowest BCUT2D eigenvalue weighted by atomic mass is 10.2. The molecule has 33 heavy (non-hydrogen) atoms. The first-order valence-electron chi connectivity index (χ1n) is 10.1. The van der Waals surface area contributed by atoms with E-state index in [2.05, 4.69) is 61.4 Å². The molecule has 0 aliphatic carbocycles. The number of halogens is 2. The van der Waals surface area contributed by atoms with Gasteiger partial charge in [0.2, 0.25) is 5.91 Å². The normalized spacial score (nSPS) is 10.9. The number of hydrogen-bond donors (Lipinski definition) is 1. The Hall–Kier alpha value is -2.29. The lowest BCUT2D eigenvalue weighted by Gasteiger charge is -2.13. The van der Waals surface area contributed by atoms with E-state index in [1.54, 1.807) is 13.3 Å². The standard InChI is InChI=1S/C25H24Br2N2O3S/c1-17-7-9-18(10-8-17)14-32-25-22(27)11-19(12-23(25)31-2)13-28-29-24(30)16-33-15-20-5-3-4-6-21(20)26/h3-13H,14-16H2,1-2H3,(H,29,30)/b28-13-. The molecule has 3 aromatic carbocycles. The largest absolute Gasteiger partial charge is 0.493 e. The summed E-state index contributed by atoms with van der Waals surface area (Å²) in [6, 6.07) is 19.8. The van der Waals surface area contributed by atoms with Crippen LogP contribution in [0.1, 0.15) is 22.3 Å². The Morgan fingerprint density at radius 2 is 1.85 bits per heavy atom. The fourth-order valence-electron chi connectivity index (χ4n) is 2.87. The van der Waals surface area contributed by atoms with Crippen molar-refractivity contribution >= 4 is 55.7 Å². The SMILES string of the molecule is COc1cc(/C=N\NC(=O)CSCc2ccccc2Br)cc(Br)c1OCc1ccc(C)cc1. The maximum Gasteiger partial charge on any atom is 0.250 e. The molecule has 1 N–H and O–H groups in total. The van der Waals surface area contributed by atoms with Crippen LogP contribution in [0.2, 0.25) is 0 Å². The summed E-state index contributed by atoms with van der Waals surface area (Å²) in [7, 11) is 1.59. The number of benzene rings is 3. The minimum Gasteiger partial charge on any atom is -0.493 e. The summed E-state index contributed by atoms with van der Waals surface area (Å²) >= 11 is 8.59. The third-order valence-corrected chi connectivity index (χ3v) is 6.95. The van der Waals surface area contributed by atoms with Crippen molar-refractivity contribution in [1.29, 1.82) is 0 Å². The van der Waals surface area contributed by atoms with E-state index >= 15 is 0 Å². The molecule has 0 aliphatic rings. The van der Waals surface area contributed by atoms with Crippen molar-refractivity contribution in [1.82, 2.24) is 5.43 Å². The lowest BCUT2D eigenvalue weighted by Crippen LogP contribution is -2.19. The van der Waals surface area contributed by atoms with E-state index < -0.39 is 0 Å². The van der Waals surface area contributed by atoms with Crippen LogP contribution in [-0.4, -0.2) is 25.0 Å². The third-order valence-electron chi connectivity index (χ3n) is 4.61. The topological polar surface area (TPSA) is 59.9 Å². The molecular weight excluding hydrogens is 568 g/mol. The maximum atomic E-state index is 12.1. The number of nitrogens with one attached hydrogen (secondary N) is 1. The van der Waals surface area contributed by atoms with Crippen molar-refractivity contribution in [2.75, 3.05) is 12.9 Å². The van der Waals surface area contributed by atoms with Crippen molar-refractivity contribution in [3.63, 3.8) is 0 Å². The number of ether oxygens (including phenoxy) is 2. The molecule has 0 aromatic heterocycles. The van der Waals surface area contributed by atoms with Gasteiger partial charge in [0.05, 0.1) is 23.5 Å². The molecule has 0 aliphatic heterocycles. The van der Waals surface area contributed by atoms with Crippen LogP contribution >= 0.6 is 43.6 Å². The molecule has 8 heteroatoms. The van der Waals surface area contributed by atoms with Gasteiger partial charge < -0.3 is 9.47 Å². The average Bonchev–Trinajstić information content (AvgIpc) is 2.80. The highest BCUT2D eigenvalue weighted by Gasteiger charge is 2.12. The zero-order valence-electron chi connectivity index (χ0n) is 18.3. The van der Waals surface area contributed by atoms with Gasteiger partial charge in [-0.25, -0.2) is 5.43 Å². The number of amides is 1. The first-order valence-corrected chi connectivity index (χ1v) is 12.9. The summed E-state index contributed by atoms with van der Waals surface area (Å²) in [5.41, 5.74) is 6.76. The van der Waals surface area contributed by atoms with Gasteiger partial charge in [-0.15, -0.1) is 11.8 Å². The average molecular weight is 592 g/mol. The monoisotopic (exact) mass is 590 g/mol. The number of aryl methyl sites for hydroxylation is 1. The van der Waals surface area contributed by atoms with E-state index in [1.165, 1.54) is 17.3 Å². The zero-order valence-corrected chi connectivity index (χ0v) is 22.3. The highest BCUT2D eigenvalue weighted by molar-refractivity contribution is 9.10. The van der Waals surface area contributed by atoms with Crippen LogP contribution < -0.4 is 14.9 Å². The van der Waals surface area contributed by atoms with Gasteiger partial charge in [0.15, 0.2) is 11.5 Å². The van der Waals surface area contributed by atoms with Gasteiger partial charge in [0, 0.05) is 10.2 Å². The molecule has 3 aromatic rings. The summed E-state index contributed by atoms with van der Waals surface area (Å²) in [5, 5.41) is 4.07. The maximum absolute atomic E-state index is 12.1. The first-order chi connectivity index (χ1) is 16.0. The Morgan fingerprint density at radius 3 is 2.58 bits per heavy atom. The predicted molar refractivity (Wildman–Crippen MR) is 142 cm³/mol. The third kappa shape index (κ3) is 7.91. The van der Waals surface area contributed by atoms with Gasteiger partial charge in [-0.3, -0.25) is 4.79 Å². The van der Waals surface area contributed by atoms with E-state index in [0.717, 1.165) is 31.4 Å². The van der Waals surface area contributed by atoms with Crippen molar-refractivity contribution in [2.24, 2.45) is 5.10 Å². The molecule has 0 bridgehead atoms. The predicted octanol–water partition coefficient (Wildman–Crippen LogP) is 6.49.